The molecule has 2 aromatic heterocycles. The van der Waals surface area contributed by atoms with Gasteiger partial charge in [-0.25, -0.2) is 0 Å². The molecule has 2 rings (SSSR count). The van der Waals surface area contributed by atoms with Crippen molar-refractivity contribution < 1.29 is 4.42 Å². The first-order valence-corrected chi connectivity index (χ1v) is 7.02. The molecule has 0 saturated heterocycles. The normalized spacial score (nSPS) is 12.6. The molecule has 102 valence electrons. The van der Waals surface area contributed by atoms with Crippen LogP contribution in [0.2, 0.25) is 10.2 Å². The van der Waals surface area contributed by atoms with E-state index in [1.807, 2.05) is 12.1 Å². The van der Waals surface area contributed by atoms with Gasteiger partial charge in [0.2, 0.25) is 0 Å². The molecule has 1 atom stereocenters. The van der Waals surface area contributed by atoms with Crippen LogP contribution in [0.1, 0.15) is 30.5 Å². The molecule has 1 N–H and O–H groups in total. The standard InChI is InChI=1S/C14H16Cl2N2O/c1-2-5-18-13(11-4-7-19-14(11)16)8-10-3-6-17-9-12(10)15/h3-4,6-7,9,13,18H,2,5,8H2,1H3. The van der Waals surface area contributed by atoms with E-state index in [0.717, 1.165) is 30.5 Å². The van der Waals surface area contributed by atoms with Crippen molar-refractivity contribution in [3.05, 3.63) is 52.2 Å². The number of pyridine rings is 1. The lowest BCUT2D eigenvalue weighted by molar-refractivity contribution is 0.513. The van der Waals surface area contributed by atoms with Crippen molar-refractivity contribution in [2.45, 2.75) is 25.8 Å². The van der Waals surface area contributed by atoms with Gasteiger partial charge in [0.1, 0.15) is 0 Å². The van der Waals surface area contributed by atoms with E-state index in [2.05, 4.69) is 17.2 Å². The molecule has 19 heavy (non-hydrogen) atoms. The zero-order valence-corrected chi connectivity index (χ0v) is 12.2. The lowest BCUT2D eigenvalue weighted by atomic mass is 10.0. The molecule has 0 aliphatic heterocycles. The van der Waals surface area contributed by atoms with Crippen molar-refractivity contribution in [3.63, 3.8) is 0 Å². The highest BCUT2D eigenvalue weighted by Gasteiger charge is 2.18. The molecular weight excluding hydrogens is 283 g/mol. The molecule has 0 aromatic carbocycles. The van der Waals surface area contributed by atoms with E-state index in [0.29, 0.717) is 10.2 Å². The molecule has 0 saturated carbocycles. The third kappa shape index (κ3) is 3.72. The molecule has 0 aliphatic rings. The van der Waals surface area contributed by atoms with Crippen LogP contribution in [0.25, 0.3) is 0 Å². The van der Waals surface area contributed by atoms with Crippen molar-refractivity contribution in [1.29, 1.82) is 0 Å². The molecule has 0 aliphatic carbocycles. The van der Waals surface area contributed by atoms with Crippen LogP contribution in [0.4, 0.5) is 0 Å². The number of nitrogens with zero attached hydrogens (tertiary/aromatic N) is 1. The number of furan rings is 1. The Hall–Kier alpha value is -1.03. The van der Waals surface area contributed by atoms with Gasteiger partial charge in [-0.1, -0.05) is 18.5 Å². The van der Waals surface area contributed by atoms with Crippen molar-refractivity contribution in [3.8, 4) is 0 Å². The smallest absolute Gasteiger partial charge is 0.197 e. The Labute approximate surface area is 122 Å². The summed E-state index contributed by atoms with van der Waals surface area (Å²) in [5, 5.41) is 4.57. The molecule has 3 nitrogen and oxygen atoms in total. The molecule has 5 heteroatoms. The molecule has 2 heterocycles. The zero-order valence-electron chi connectivity index (χ0n) is 10.7. The summed E-state index contributed by atoms with van der Waals surface area (Å²) in [5.74, 6) is 0. The average Bonchev–Trinajstić information content (AvgIpc) is 2.83. The van der Waals surface area contributed by atoms with E-state index >= 15 is 0 Å². The fourth-order valence-electron chi connectivity index (χ4n) is 1.95. The van der Waals surface area contributed by atoms with E-state index in [1.54, 1.807) is 18.7 Å². The molecule has 0 radical (unpaired) electrons. The third-order valence-corrected chi connectivity index (χ3v) is 3.59. The van der Waals surface area contributed by atoms with Crippen LogP contribution >= 0.6 is 23.2 Å². The van der Waals surface area contributed by atoms with Crippen molar-refractivity contribution in [2.75, 3.05) is 6.54 Å². The summed E-state index contributed by atoms with van der Waals surface area (Å²) in [6.07, 6.45) is 6.81. The van der Waals surface area contributed by atoms with Crippen LogP contribution in [0, 0.1) is 0 Å². The number of hydrogen-bond donors (Lipinski definition) is 1. The Balaban J connectivity index is 2.19. The number of rotatable bonds is 6. The largest absolute Gasteiger partial charge is 0.453 e. The maximum Gasteiger partial charge on any atom is 0.197 e. The van der Waals surface area contributed by atoms with Crippen LogP contribution in [0.3, 0.4) is 0 Å². The molecule has 0 spiro atoms. The van der Waals surface area contributed by atoms with Crippen LogP contribution in [0.5, 0.6) is 0 Å². The Bertz CT molecular complexity index is 528. The summed E-state index contributed by atoms with van der Waals surface area (Å²) in [5.41, 5.74) is 2.01. The van der Waals surface area contributed by atoms with Gasteiger partial charge in [0.15, 0.2) is 5.22 Å². The highest BCUT2D eigenvalue weighted by atomic mass is 35.5. The van der Waals surface area contributed by atoms with Crippen LogP contribution < -0.4 is 5.32 Å². The lowest BCUT2D eigenvalue weighted by Crippen LogP contribution is -2.24. The maximum atomic E-state index is 6.16. The quantitative estimate of drug-likeness (QED) is 0.866. The second kappa shape index (κ2) is 6.94. The van der Waals surface area contributed by atoms with Crippen LogP contribution in [0.15, 0.2) is 35.2 Å². The van der Waals surface area contributed by atoms with Crippen molar-refractivity contribution in [1.82, 2.24) is 10.3 Å². The fraction of sp³-hybridized carbons (Fsp3) is 0.357. The third-order valence-electron chi connectivity index (χ3n) is 2.94. The summed E-state index contributed by atoms with van der Waals surface area (Å²) in [6.45, 7) is 3.04. The van der Waals surface area contributed by atoms with E-state index in [4.69, 9.17) is 27.6 Å². The van der Waals surface area contributed by atoms with E-state index in [1.165, 1.54) is 0 Å². The molecule has 0 fully saturated rings. The first kappa shape index (κ1) is 14.4. The first-order chi connectivity index (χ1) is 9.22. The SMILES string of the molecule is CCCNC(Cc1ccncc1Cl)c1ccoc1Cl. The molecule has 0 amide bonds. The number of nitrogens with one attached hydrogen (secondary N) is 1. The predicted molar refractivity (Wildman–Crippen MR) is 77.7 cm³/mol. The van der Waals surface area contributed by atoms with Gasteiger partial charge in [-0.3, -0.25) is 4.98 Å². The fourth-order valence-corrected chi connectivity index (χ4v) is 2.40. The second-order valence-corrected chi connectivity index (χ2v) is 5.08. The summed E-state index contributed by atoms with van der Waals surface area (Å²) < 4.78 is 5.17. The molecule has 2 aromatic rings. The van der Waals surface area contributed by atoms with Gasteiger partial charge in [0, 0.05) is 24.0 Å². The molecule has 1 unspecified atom stereocenters. The first-order valence-electron chi connectivity index (χ1n) is 6.27. The van der Waals surface area contributed by atoms with Crippen molar-refractivity contribution >= 4 is 23.2 Å². The zero-order chi connectivity index (χ0) is 13.7. The summed E-state index contributed by atoms with van der Waals surface area (Å²) in [6, 6.07) is 3.91. The van der Waals surface area contributed by atoms with Gasteiger partial charge < -0.3 is 9.73 Å². The summed E-state index contributed by atoms with van der Waals surface area (Å²) in [4.78, 5) is 4.00. The number of hydrogen-bond acceptors (Lipinski definition) is 3. The Kier molecular flexibility index (Phi) is 5.25. The second-order valence-electron chi connectivity index (χ2n) is 4.33. The van der Waals surface area contributed by atoms with Crippen molar-refractivity contribution in [2.24, 2.45) is 0 Å². The highest BCUT2D eigenvalue weighted by molar-refractivity contribution is 6.31. The van der Waals surface area contributed by atoms with Gasteiger partial charge in [0.25, 0.3) is 0 Å². The number of halogens is 2. The van der Waals surface area contributed by atoms with Crippen LogP contribution in [-0.2, 0) is 6.42 Å². The van der Waals surface area contributed by atoms with Gasteiger partial charge >= 0.3 is 0 Å². The van der Waals surface area contributed by atoms with E-state index in [9.17, 15) is 0 Å². The van der Waals surface area contributed by atoms with E-state index in [-0.39, 0.29) is 6.04 Å². The van der Waals surface area contributed by atoms with Gasteiger partial charge in [-0.15, -0.1) is 0 Å². The van der Waals surface area contributed by atoms with Crippen LogP contribution in [-0.4, -0.2) is 11.5 Å². The Morgan fingerprint density at radius 1 is 1.37 bits per heavy atom. The minimum atomic E-state index is 0.0890. The number of aromatic nitrogens is 1. The minimum Gasteiger partial charge on any atom is -0.453 e. The highest BCUT2D eigenvalue weighted by Crippen LogP contribution is 2.28. The average molecular weight is 299 g/mol. The summed E-state index contributed by atoms with van der Waals surface area (Å²) >= 11 is 12.2. The van der Waals surface area contributed by atoms with E-state index < -0.39 is 0 Å². The monoisotopic (exact) mass is 298 g/mol. The minimum absolute atomic E-state index is 0.0890. The topological polar surface area (TPSA) is 38.1 Å². The molecule has 0 bridgehead atoms. The van der Waals surface area contributed by atoms with Gasteiger partial charge in [-0.2, -0.15) is 0 Å². The lowest BCUT2D eigenvalue weighted by Gasteiger charge is -2.18. The molecular formula is C14H16Cl2N2O. The Morgan fingerprint density at radius 2 is 2.21 bits per heavy atom. The predicted octanol–water partition coefficient (Wildman–Crippen LogP) is 4.26. The summed E-state index contributed by atoms with van der Waals surface area (Å²) in [7, 11) is 0. The van der Waals surface area contributed by atoms with Gasteiger partial charge in [-0.05, 0) is 48.7 Å². The Morgan fingerprint density at radius 3 is 2.84 bits per heavy atom. The maximum absolute atomic E-state index is 6.16. The van der Waals surface area contributed by atoms with Gasteiger partial charge in [0.05, 0.1) is 11.3 Å².